The fraction of sp³-hybridized carbons (Fsp3) is 0.826. The quantitative estimate of drug-likeness (QED) is 0.726. The Labute approximate surface area is 163 Å². The SMILES string of the molecule is CC(C)(C)NC(=O)C1CCC2C3CC=C4NC(=O)CC[C@]4(C)C3CC[C@]12C. The summed E-state index contributed by atoms with van der Waals surface area (Å²) in [6.07, 6.45) is 9.51. The minimum atomic E-state index is -0.168. The number of hydrogen-bond donors (Lipinski definition) is 2. The summed E-state index contributed by atoms with van der Waals surface area (Å²) in [6, 6.07) is 0. The summed E-state index contributed by atoms with van der Waals surface area (Å²) in [5, 5.41) is 6.42. The number of carbonyl (C=O) groups is 2. The van der Waals surface area contributed by atoms with Gasteiger partial charge in [0.2, 0.25) is 11.8 Å². The maximum atomic E-state index is 13.0. The molecule has 0 bridgehead atoms. The third-order valence-electron chi connectivity index (χ3n) is 8.43. The van der Waals surface area contributed by atoms with Crippen LogP contribution < -0.4 is 10.6 Å². The second-order valence-corrected chi connectivity index (χ2v) is 11.1. The number of rotatable bonds is 1. The molecule has 27 heavy (non-hydrogen) atoms. The molecule has 4 unspecified atom stereocenters. The molecule has 0 spiro atoms. The van der Waals surface area contributed by atoms with Crippen LogP contribution >= 0.6 is 0 Å². The normalized spacial score (nSPS) is 43.7. The predicted molar refractivity (Wildman–Crippen MR) is 107 cm³/mol. The molecule has 6 atom stereocenters. The first kappa shape index (κ1) is 19.0. The van der Waals surface area contributed by atoms with Crippen molar-refractivity contribution in [2.24, 2.45) is 34.5 Å². The van der Waals surface area contributed by atoms with Crippen molar-refractivity contribution in [3.63, 3.8) is 0 Å². The first-order valence-corrected chi connectivity index (χ1v) is 10.9. The van der Waals surface area contributed by atoms with Gasteiger partial charge in [0, 0.05) is 29.0 Å². The molecule has 2 amide bonds. The summed E-state index contributed by atoms with van der Waals surface area (Å²) in [4.78, 5) is 24.9. The van der Waals surface area contributed by atoms with Crippen LogP contribution in [0.1, 0.15) is 79.6 Å². The van der Waals surface area contributed by atoms with Crippen LogP contribution in [0.2, 0.25) is 0 Å². The van der Waals surface area contributed by atoms with Gasteiger partial charge < -0.3 is 10.6 Å². The van der Waals surface area contributed by atoms with E-state index >= 15 is 0 Å². The van der Waals surface area contributed by atoms with Gasteiger partial charge in [0.05, 0.1) is 0 Å². The third-order valence-corrected chi connectivity index (χ3v) is 8.43. The van der Waals surface area contributed by atoms with Gasteiger partial charge in [0.15, 0.2) is 0 Å². The smallest absolute Gasteiger partial charge is 0.224 e. The number of carbonyl (C=O) groups excluding carboxylic acids is 2. The summed E-state index contributed by atoms with van der Waals surface area (Å²) in [7, 11) is 0. The van der Waals surface area contributed by atoms with E-state index in [1.165, 1.54) is 18.5 Å². The lowest BCUT2D eigenvalue weighted by molar-refractivity contribution is -0.134. The predicted octanol–water partition coefficient (Wildman–Crippen LogP) is 4.16. The Morgan fingerprint density at radius 1 is 1.15 bits per heavy atom. The molecule has 3 aliphatic carbocycles. The van der Waals surface area contributed by atoms with E-state index in [0.717, 1.165) is 25.7 Å². The molecule has 1 aliphatic heterocycles. The minimum absolute atomic E-state index is 0.115. The second kappa shape index (κ2) is 6.09. The van der Waals surface area contributed by atoms with Crippen LogP contribution in [0.25, 0.3) is 0 Å². The summed E-state index contributed by atoms with van der Waals surface area (Å²) < 4.78 is 0. The molecule has 0 aromatic carbocycles. The van der Waals surface area contributed by atoms with Gasteiger partial charge >= 0.3 is 0 Å². The number of piperidine rings is 1. The van der Waals surface area contributed by atoms with E-state index < -0.39 is 0 Å². The molecule has 150 valence electrons. The van der Waals surface area contributed by atoms with Gasteiger partial charge in [-0.25, -0.2) is 0 Å². The van der Waals surface area contributed by atoms with E-state index in [1.54, 1.807) is 0 Å². The van der Waals surface area contributed by atoms with E-state index in [2.05, 4.69) is 51.3 Å². The Balaban J connectivity index is 1.59. The summed E-state index contributed by atoms with van der Waals surface area (Å²) in [6.45, 7) is 11.0. The Morgan fingerprint density at radius 2 is 1.89 bits per heavy atom. The minimum Gasteiger partial charge on any atom is -0.351 e. The zero-order valence-electron chi connectivity index (χ0n) is 17.7. The van der Waals surface area contributed by atoms with Crippen LogP contribution in [0.3, 0.4) is 0 Å². The van der Waals surface area contributed by atoms with Crippen molar-refractivity contribution >= 4 is 11.8 Å². The van der Waals surface area contributed by atoms with Crippen molar-refractivity contribution in [3.05, 3.63) is 11.8 Å². The average molecular weight is 373 g/mol. The highest BCUT2D eigenvalue weighted by atomic mass is 16.2. The van der Waals surface area contributed by atoms with Crippen molar-refractivity contribution in [2.45, 2.75) is 85.1 Å². The lowest BCUT2D eigenvalue weighted by Gasteiger charge is -2.57. The van der Waals surface area contributed by atoms with Gasteiger partial charge in [-0.2, -0.15) is 0 Å². The number of nitrogens with one attached hydrogen (secondary N) is 2. The molecule has 2 saturated carbocycles. The maximum Gasteiger partial charge on any atom is 0.224 e. The Bertz CT molecular complexity index is 691. The molecule has 1 heterocycles. The Hall–Kier alpha value is -1.32. The lowest BCUT2D eigenvalue weighted by Crippen LogP contribution is -2.54. The van der Waals surface area contributed by atoms with Crippen LogP contribution in [0, 0.1) is 34.5 Å². The number of amides is 2. The highest BCUT2D eigenvalue weighted by Gasteiger charge is 2.60. The van der Waals surface area contributed by atoms with Gasteiger partial charge in [-0.05, 0) is 82.5 Å². The molecule has 4 nitrogen and oxygen atoms in total. The molecule has 0 aromatic heterocycles. The summed E-state index contributed by atoms with van der Waals surface area (Å²) >= 11 is 0. The van der Waals surface area contributed by atoms with Crippen LogP contribution in [0.15, 0.2) is 11.8 Å². The molecular weight excluding hydrogens is 336 g/mol. The van der Waals surface area contributed by atoms with E-state index in [1.807, 2.05) is 0 Å². The molecule has 3 fully saturated rings. The molecule has 0 aromatic rings. The summed E-state index contributed by atoms with van der Waals surface area (Å²) in [5.41, 5.74) is 1.25. The number of hydrogen-bond acceptors (Lipinski definition) is 2. The lowest BCUT2D eigenvalue weighted by atomic mass is 9.49. The fourth-order valence-electron chi connectivity index (χ4n) is 7.08. The third kappa shape index (κ3) is 2.94. The molecule has 4 aliphatic rings. The zero-order chi connectivity index (χ0) is 19.6. The van der Waals surface area contributed by atoms with E-state index in [9.17, 15) is 9.59 Å². The summed E-state index contributed by atoms with van der Waals surface area (Å²) in [5.74, 6) is 2.50. The van der Waals surface area contributed by atoms with Crippen LogP contribution in [-0.2, 0) is 9.59 Å². The maximum absolute atomic E-state index is 13.0. The molecule has 4 heteroatoms. The second-order valence-electron chi connectivity index (χ2n) is 11.1. The van der Waals surface area contributed by atoms with Gasteiger partial charge in [0.25, 0.3) is 0 Å². The molecule has 4 rings (SSSR count). The Kier molecular flexibility index (Phi) is 4.29. The van der Waals surface area contributed by atoms with E-state index in [4.69, 9.17) is 0 Å². The first-order chi connectivity index (χ1) is 12.5. The van der Waals surface area contributed by atoms with Crippen LogP contribution in [0.5, 0.6) is 0 Å². The highest BCUT2D eigenvalue weighted by molar-refractivity contribution is 5.81. The van der Waals surface area contributed by atoms with Crippen molar-refractivity contribution in [2.75, 3.05) is 0 Å². The monoisotopic (exact) mass is 372 g/mol. The van der Waals surface area contributed by atoms with Crippen molar-refractivity contribution in [1.82, 2.24) is 10.6 Å². The Morgan fingerprint density at radius 3 is 2.59 bits per heavy atom. The fourth-order valence-corrected chi connectivity index (χ4v) is 7.08. The van der Waals surface area contributed by atoms with Crippen LogP contribution in [-0.4, -0.2) is 17.4 Å². The zero-order valence-corrected chi connectivity index (χ0v) is 17.7. The topological polar surface area (TPSA) is 58.2 Å². The molecule has 0 radical (unpaired) electrons. The van der Waals surface area contributed by atoms with Gasteiger partial charge in [0.1, 0.15) is 0 Å². The van der Waals surface area contributed by atoms with Gasteiger partial charge in [-0.3, -0.25) is 9.59 Å². The first-order valence-electron chi connectivity index (χ1n) is 10.9. The molecule has 1 saturated heterocycles. The number of allylic oxidation sites excluding steroid dienone is 2. The average Bonchev–Trinajstić information content (AvgIpc) is 2.91. The van der Waals surface area contributed by atoms with Crippen molar-refractivity contribution in [3.8, 4) is 0 Å². The standard InChI is InChI=1S/C23H36N2O2/c1-21(2,3)25-20(27)17-8-7-15-14-6-9-18-23(5,13-11-19(26)24-18)16(14)10-12-22(15,17)4/h9,14-17H,6-8,10-13H2,1-5H3,(H,24,26)(H,25,27)/t14?,15?,16?,17?,22-,23+/m0/s1. The van der Waals surface area contributed by atoms with Gasteiger partial charge in [-0.15, -0.1) is 0 Å². The highest BCUT2D eigenvalue weighted by Crippen LogP contribution is 2.65. The van der Waals surface area contributed by atoms with E-state index in [-0.39, 0.29) is 34.1 Å². The molecule has 2 N–H and O–H groups in total. The largest absolute Gasteiger partial charge is 0.351 e. The molecular formula is C23H36N2O2. The van der Waals surface area contributed by atoms with Crippen LogP contribution in [0.4, 0.5) is 0 Å². The van der Waals surface area contributed by atoms with Gasteiger partial charge in [-0.1, -0.05) is 19.9 Å². The van der Waals surface area contributed by atoms with Crippen molar-refractivity contribution < 1.29 is 9.59 Å². The van der Waals surface area contributed by atoms with Crippen molar-refractivity contribution in [1.29, 1.82) is 0 Å². The number of fused-ring (bicyclic) bond motifs is 5. The van der Waals surface area contributed by atoms with E-state index in [0.29, 0.717) is 24.2 Å².